The first kappa shape index (κ1) is 22.0. The maximum absolute atomic E-state index is 13.1. The van der Waals surface area contributed by atoms with Gasteiger partial charge in [0.1, 0.15) is 5.82 Å². The van der Waals surface area contributed by atoms with Gasteiger partial charge >= 0.3 is 0 Å². The second kappa shape index (κ2) is 8.22. The minimum absolute atomic E-state index is 0.159. The Bertz CT molecular complexity index is 1000. The number of aromatic nitrogens is 4. The summed E-state index contributed by atoms with van der Waals surface area (Å²) in [7, 11) is 0. The van der Waals surface area contributed by atoms with Gasteiger partial charge in [-0.15, -0.1) is 0 Å². The molecule has 0 aliphatic heterocycles. The van der Waals surface area contributed by atoms with E-state index in [4.69, 9.17) is 0 Å². The highest BCUT2D eigenvalue weighted by Crippen LogP contribution is 2.60. The summed E-state index contributed by atoms with van der Waals surface area (Å²) in [5, 5.41) is 10.7. The van der Waals surface area contributed by atoms with Crippen molar-refractivity contribution < 1.29 is 9.59 Å². The number of hydrogen-bond acceptors (Lipinski definition) is 5. The monoisotopic (exact) mass is 450 g/mol. The molecule has 0 radical (unpaired) electrons. The van der Waals surface area contributed by atoms with Crippen molar-refractivity contribution in [2.24, 2.45) is 23.2 Å². The lowest BCUT2D eigenvalue weighted by Crippen LogP contribution is -2.53. The molecule has 8 nitrogen and oxygen atoms in total. The van der Waals surface area contributed by atoms with Crippen LogP contribution in [0.3, 0.4) is 0 Å². The zero-order valence-corrected chi connectivity index (χ0v) is 19.8. The van der Waals surface area contributed by atoms with Crippen molar-refractivity contribution in [3.05, 3.63) is 30.2 Å². The molecule has 0 spiro atoms. The van der Waals surface area contributed by atoms with E-state index in [0.29, 0.717) is 18.3 Å². The van der Waals surface area contributed by atoms with Crippen LogP contribution in [0, 0.1) is 23.2 Å². The number of hydrogen-bond donors (Lipinski definition) is 2. The van der Waals surface area contributed by atoms with Crippen molar-refractivity contribution in [3.63, 3.8) is 0 Å². The third-order valence-corrected chi connectivity index (χ3v) is 7.64. The van der Waals surface area contributed by atoms with Gasteiger partial charge in [0, 0.05) is 42.3 Å². The molecule has 0 atom stereocenters. The zero-order chi connectivity index (χ0) is 23.2. The second-order valence-electron chi connectivity index (χ2n) is 11.4. The molecule has 4 saturated carbocycles. The first-order chi connectivity index (χ1) is 15.7. The van der Waals surface area contributed by atoms with E-state index in [2.05, 4.69) is 46.5 Å². The summed E-state index contributed by atoms with van der Waals surface area (Å²) in [5.74, 6) is 3.10. The van der Waals surface area contributed by atoms with E-state index in [1.807, 2.05) is 6.07 Å². The Morgan fingerprint density at radius 3 is 2.24 bits per heavy atom. The Kier molecular flexibility index (Phi) is 5.49. The molecule has 176 valence electrons. The summed E-state index contributed by atoms with van der Waals surface area (Å²) in [6.07, 6.45) is 10.5. The van der Waals surface area contributed by atoms with E-state index < -0.39 is 0 Å². The van der Waals surface area contributed by atoms with Crippen molar-refractivity contribution in [1.29, 1.82) is 0 Å². The molecule has 33 heavy (non-hydrogen) atoms. The Morgan fingerprint density at radius 2 is 1.67 bits per heavy atom. The first-order valence-electron chi connectivity index (χ1n) is 12.2. The van der Waals surface area contributed by atoms with Gasteiger partial charge in [-0.05, 0) is 62.3 Å². The largest absolute Gasteiger partial charge is 0.355 e. The number of nitrogens with one attached hydrogen (secondary N) is 2. The third-order valence-electron chi connectivity index (χ3n) is 7.64. The topological polar surface area (TPSA) is 102 Å². The van der Waals surface area contributed by atoms with E-state index in [1.165, 1.54) is 19.3 Å². The van der Waals surface area contributed by atoms with Gasteiger partial charge in [0.25, 0.3) is 5.95 Å². The number of rotatable bonds is 6. The first-order valence-corrected chi connectivity index (χ1v) is 12.2. The normalized spacial score (nSPS) is 28.0. The molecule has 0 saturated heterocycles. The second-order valence-corrected chi connectivity index (χ2v) is 11.4. The fourth-order valence-corrected chi connectivity index (χ4v) is 6.46. The Morgan fingerprint density at radius 1 is 1.06 bits per heavy atom. The van der Waals surface area contributed by atoms with Crippen LogP contribution in [0.4, 0.5) is 5.82 Å². The summed E-state index contributed by atoms with van der Waals surface area (Å²) in [6, 6.07) is 3.60. The van der Waals surface area contributed by atoms with E-state index in [1.54, 1.807) is 23.1 Å². The third kappa shape index (κ3) is 4.39. The molecular formula is C25H34N6O2. The van der Waals surface area contributed by atoms with Crippen LogP contribution >= 0.6 is 0 Å². The van der Waals surface area contributed by atoms with E-state index in [9.17, 15) is 9.59 Å². The molecule has 4 aliphatic rings. The van der Waals surface area contributed by atoms with Crippen LogP contribution in [0.15, 0.2) is 24.5 Å². The van der Waals surface area contributed by atoms with Crippen molar-refractivity contribution in [1.82, 2.24) is 25.1 Å². The lowest BCUT2D eigenvalue weighted by atomic mass is 9.49. The zero-order valence-electron chi connectivity index (χ0n) is 19.8. The molecule has 4 bridgehead atoms. The fraction of sp³-hybridized carbons (Fsp3) is 0.640. The van der Waals surface area contributed by atoms with Crippen molar-refractivity contribution >= 4 is 17.6 Å². The van der Waals surface area contributed by atoms with Gasteiger partial charge in [0.05, 0.1) is 5.69 Å². The van der Waals surface area contributed by atoms with E-state index >= 15 is 0 Å². The Labute approximate surface area is 195 Å². The van der Waals surface area contributed by atoms with Gasteiger partial charge < -0.3 is 10.6 Å². The lowest BCUT2D eigenvalue weighted by molar-refractivity contribution is -0.146. The number of amides is 2. The van der Waals surface area contributed by atoms with Crippen LogP contribution < -0.4 is 10.6 Å². The summed E-state index contributed by atoms with van der Waals surface area (Å²) in [4.78, 5) is 34.4. The fourth-order valence-electron chi connectivity index (χ4n) is 6.46. The minimum atomic E-state index is -0.189. The maximum Gasteiger partial charge on any atom is 0.252 e. The molecule has 0 unspecified atom stereocenters. The van der Waals surface area contributed by atoms with Crippen molar-refractivity contribution in [3.8, 4) is 5.95 Å². The highest BCUT2D eigenvalue weighted by atomic mass is 16.2. The molecule has 2 amide bonds. The summed E-state index contributed by atoms with van der Waals surface area (Å²) in [5.41, 5.74) is 0.460. The predicted octanol–water partition coefficient (Wildman–Crippen LogP) is 3.62. The van der Waals surface area contributed by atoms with Gasteiger partial charge in [-0.2, -0.15) is 9.78 Å². The average molecular weight is 451 g/mol. The highest BCUT2D eigenvalue weighted by molar-refractivity contribution is 5.91. The van der Waals surface area contributed by atoms with Crippen LogP contribution in [0.2, 0.25) is 0 Å². The molecule has 8 heteroatoms. The Balaban J connectivity index is 1.21. The number of nitrogens with zero attached hydrogens (tertiary/aromatic N) is 4. The average Bonchev–Trinajstić information content (AvgIpc) is 3.17. The van der Waals surface area contributed by atoms with Gasteiger partial charge in [-0.25, -0.2) is 9.97 Å². The number of anilines is 1. The van der Waals surface area contributed by atoms with Gasteiger partial charge in [0.2, 0.25) is 11.8 Å². The predicted molar refractivity (Wildman–Crippen MR) is 125 cm³/mol. The SMILES string of the molecule is CC(C)(C)c1cc(NC(=O)CCNC(=O)C23CC4CC(CC(C4)C2)C3)n(-c2ncccn2)n1. The van der Waals surface area contributed by atoms with Crippen molar-refractivity contribution in [2.45, 2.75) is 71.1 Å². The maximum atomic E-state index is 13.1. The minimum Gasteiger partial charge on any atom is -0.355 e. The van der Waals surface area contributed by atoms with Crippen LogP contribution in [0.25, 0.3) is 5.95 Å². The lowest BCUT2D eigenvalue weighted by Gasteiger charge is -2.55. The highest BCUT2D eigenvalue weighted by Gasteiger charge is 2.54. The Hall–Kier alpha value is -2.77. The van der Waals surface area contributed by atoms with Crippen LogP contribution in [-0.2, 0) is 15.0 Å². The molecular weight excluding hydrogens is 416 g/mol. The van der Waals surface area contributed by atoms with Crippen LogP contribution in [0.1, 0.15) is 71.4 Å². The van der Waals surface area contributed by atoms with Gasteiger partial charge in [-0.3, -0.25) is 9.59 Å². The van der Waals surface area contributed by atoms with Crippen LogP contribution in [0.5, 0.6) is 0 Å². The molecule has 2 N–H and O–H groups in total. The number of carbonyl (C=O) groups is 2. The standard InChI is InChI=1S/C25H34N6O2/c1-24(2,3)19-12-20(31(30-19)23-27-6-4-7-28-23)29-21(32)5-8-26-22(33)25-13-16-9-17(14-25)11-18(10-16)15-25/h4,6-7,12,16-18H,5,8-11,13-15H2,1-3H3,(H,26,33)(H,29,32). The smallest absolute Gasteiger partial charge is 0.252 e. The molecule has 2 heterocycles. The van der Waals surface area contributed by atoms with Crippen molar-refractivity contribution in [2.75, 3.05) is 11.9 Å². The quantitative estimate of drug-likeness (QED) is 0.700. The summed E-state index contributed by atoms with van der Waals surface area (Å²) in [6.45, 7) is 6.54. The molecule has 2 aromatic heterocycles. The molecule has 6 rings (SSSR count). The summed E-state index contributed by atoms with van der Waals surface area (Å²) >= 11 is 0. The molecule has 4 aliphatic carbocycles. The van der Waals surface area contributed by atoms with E-state index in [0.717, 1.165) is 42.7 Å². The van der Waals surface area contributed by atoms with Crippen LogP contribution in [-0.4, -0.2) is 38.1 Å². The summed E-state index contributed by atoms with van der Waals surface area (Å²) < 4.78 is 1.56. The van der Waals surface area contributed by atoms with Gasteiger partial charge in [-0.1, -0.05) is 20.8 Å². The van der Waals surface area contributed by atoms with Gasteiger partial charge in [0.15, 0.2) is 0 Å². The molecule has 0 aromatic carbocycles. The van der Waals surface area contributed by atoms with E-state index in [-0.39, 0.29) is 29.1 Å². The number of carbonyl (C=O) groups excluding carboxylic acids is 2. The molecule has 4 fully saturated rings. The molecule has 2 aromatic rings.